The van der Waals surface area contributed by atoms with E-state index in [1.54, 1.807) is 12.1 Å². The highest BCUT2D eigenvalue weighted by molar-refractivity contribution is 7.15. The normalized spacial score (nSPS) is 10.6. The molecule has 0 aliphatic carbocycles. The van der Waals surface area contributed by atoms with Crippen LogP contribution in [0.25, 0.3) is 0 Å². The van der Waals surface area contributed by atoms with Crippen LogP contribution in [-0.2, 0) is 11.2 Å². The fourth-order valence-corrected chi connectivity index (χ4v) is 2.72. The van der Waals surface area contributed by atoms with Gasteiger partial charge in [0.2, 0.25) is 11.0 Å². The molecule has 0 aliphatic heterocycles. The van der Waals surface area contributed by atoms with Gasteiger partial charge in [-0.15, -0.1) is 10.2 Å². The maximum atomic E-state index is 11.5. The van der Waals surface area contributed by atoms with E-state index in [0.29, 0.717) is 28.0 Å². The van der Waals surface area contributed by atoms with Crippen LogP contribution in [0.4, 0.5) is 5.13 Å². The molecule has 0 fully saturated rings. The molecule has 0 radical (unpaired) electrons. The predicted molar refractivity (Wildman–Crippen MR) is 82.7 cm³/mol. The Kier molecular flexibility index (Phi) is 5.34. The second-order valence-corrected chi connectivity index (χ2v) is 6.10. The highest BCUT2D eigenvalue weighted by Crippen LogP contribution is 2.25. The van der Waals surface area contributed by atoms with Gasteiger partial charge in [0.15, 0.2) is 0 Å². The number of benzene rings is 1. The van der Waals surface area contributed by atoms with Gasteiger partial charge in [-0.25, -0.2) is 0 Å². The number of carbonyl (C=O) groups is 1. The molecule has 1 N–H and O–H groups in total. The molecule has 1 aromatic carbocycles. The van der Waals surface area contributed by atoms with Gasteiger partial charge in [0.1, 0.15) is 5.01 Å². The number of hydrogen-bond acceptors (Lipinski definition) is 4. The molecule has 7 heteroatoms. The Morgan fingerprint density at radius 3 is 2.80 bits per heavy atom. The molecule has 0 saturated heterocycles. The van der Waals surface area contributed by atoms with Gasteiger partial charge in [-0.3, -0.25) is 4.79 Å². The van der Waals surface area contributed by atoms with E-state index < -0.39 is 0 Å². The zero-order chi connectivity index (χ0) is 14.5. The number of nitrogens with zero attached hydrogens (tertiary/aromatic N) is 2. The van der Waals surface area contributed by atoms with E-state index in [-0.39, 0.29) is 5.91 Å². The molecule has 1 amide bonds. The molecule has 0 saturated carbocycles. The molecule has 20 heavy (non-hydrogen) atoms. The van der Waals surface area contributed by atoms with E-state index in [9.17, 15) is 4.79 Å². The molecule has 0 bridgehead atoms. The van der Waals surface area contributed by atoms with E-state index in [2.05, 4.69) is 15.5 Å². The molecule has 1 heterocycles. The average Bonchev–Trinajstić information content (AvgIpc) is 2.81. The van der Waals surface area contributed by atoms with Gasteiger partial charge in [-0.2, -0.15) is 0 Å². The van der Waals surface area contributed by atoms with Crippen LogP contribution in [0, 0.1) is 0 Å². The van der Waals surface area contributed by atoms with Crippen LogP contribution in [0.1, 0.15) is 30.3 Å². The standard InChI is InChI=1S/C13H13Cl2N3OS/c1-2-3-11(19)16-13-18-17-12(20-13)7-8-4-5-9(14)10(15)6-8/h4-6H,2-3,7H2,1H3,(H,16,18,19). The molecule has 4 nitrogen and oxygen atoms in total. The lowest BCUT2D eigenvalue weighted by Gasteiger charge is -2.00. The molecule has 0 spiro atoms. The minimum atomic E-state index is -0.0373. The predicted octanol–water partition coefficient (Wildman–Crippen LogP) is 4.17. The highest BCUT2D eigenvalue weighted by atomic mass is 35.5. The maximum Gasteiger partial charge on any atom is 0.226 e. The van der Waals surface area contributed by atoms with Gasteiger partial charge < -0.3 is 5.32 Å². The fraction of sp³-hybridized carbons (Fsp3) is 0.308. The lowest BCUT2D eigenvalue weighted by Crippen LogP contribution is -2.10. The van der Waals surface area contributed by atoms with Crippen molar-refractivity contribution in [3.05, 3.63) is 38.8 Å². The van der Waals surface area contributed by atoms with E-state index in [0.717, 1.165) is 17.0 Å². The van der Waals surface area contributed by atoms with Gasteiger partial charge >= 0.3 is 0 Å². The van der Waals surface area contributed by atoms with Gasteiger partial charge in [-0.1, -0.05) is 47.5 Å². The summed E-state index contributed by atoms with van der Waals surface area (Å²) in [4.78, 5) is 11.5. The van der Waals surface area contributed by atoms with Crippen molar-refractivity contribution < 1.29 is 4.79 Å². The molecule has 0 aliphatic rings. The quantitative estimate of drug-likeness (QED) is 0.895. The molecule has 2 rings (SSSR count). The third kappa shape index (κ3) is 4.16. The van der Waals surface area contributed by atoms with Crippen LogP contribution < -0.4 is 5.32 Å². The van der Waals surface area contributed by atoms with E-state index in [1.807, 2.05) is 13.0 Å². The largest absolute Gasteiger partial charge is 0.301 e. The first kappa shape index (κ1) is 15.2. The third-order valence-corrected chi connectivity index (χ3v) is 4.11. The van der Waals surface area contributed by atoms with Gasteiger partial charge in [0, 0.05) is 12.8 Å². The summed E-state index contributed by atoms with van der Waals surface area (Å²) in [5, 5.41) is 13.1. The van der Waals surface area contributed by atoms with Crippen molar-refractivity contribution >= 4 is 45.6 Å². The SMILES string of the molecule is CCCC(=O)Nc1nnc(Cc2ccc(Cl)c(Cl)c2)s1. The molecule has 0 atom stereocenters. The van der Waals surface area contributed by atoms with E-state index in [4.69, 9.17) is 23.2 Å². The summed E-state index contributed by atoms with van der Waals surface area (Å²) in [5.74, 6) is -0.0373. The zero-order valence-electron chi connectivity index (χ0n) is 10.8. The Morgan fingerprint density at radius 1 is 1.30 bits per heavy atom. The summed E-state index contributed by atoms with van der Waals surface area (Å²) in [5.41, 5.74) is 1.00. The average molecular weight is 330 g/mol. The summed E-state index contributed by atoms with van der Waals surface area (Å²) in [6, 6.07) is 5.45. The Balaban J connectivity index is 2.02. The maximum absolute atomic E-state index is 11.5. The monoisotopic (exact) mass is 329 g/mol. The van der Waals surface area contributed by atoms with Crippen LogP contribution in [0.3, 0.4) is 0 Å². The zero-order valence-corrected chi connectivity index (χ0v) is 13.1. The van der Waals surface area contributed by atoms with Crippen LogP contribution in [-0.4, -0.2) is 16.1 Å². The van der Waals surface area contributed by atoms with Gasteiger partial charge in [0.25, 0.3) is 0 Å². The Labute approximate surface area is 131 Å². The van der Waals surface area contributed by atoms with Gasteiger partial charge in [-0.05, 0) is 24.1 Å². The van der Waals surface area contributed by atoms with Crippen molar-refractivity contribution in [2.75, 3.05) is 5.32 Å². The molecule has 2 aromatic rings. The first-order chi connectivity index (χ1) is 9.58. The van der Waals surface area contributed by atoms with E-state index in [1.165, 1.54) is 11.3 Å². The van der Waals surface area contributed by atoms with Crippen molar-refractivity contribution in [3.63, 3.8) is 0 Å². The Hall–Kier alpha value is -1.17. The first-order valence-corrected chi connectivity index (χ1v) is 7.72. The number of amides is 1. The molecular weight excluding hydrogens is 317 g/mol. The summed E-state index contributed by atoms with van der Waals surface area (Å²) >= 11 is 13.2. The molecule has 0 unspecified atom stereocenters. The fourth-order valence-electron chi connectivity index (χ4n) is 1.61. The van der Waals surface area contributed by atoms with Crippen LogP contribution >= 0.6 is 34.5 Å². The lowest BCUT2D eigenvalue weighted by atomic mass is 10.2. The van der Waals surface area contributed by atoms with Crippen molar-refractivity contribution in [3.8, 4) is 0 Å². The smallest absolute Gasteiger partial charge is 0.226 e. The lowest BCUT2D eigenvalue weighted by molar-refractivity contribution is -0.116. The van der Waals surface area contributed by atoms with Crippen LogP contribution in [0.2, 0.25) is 10.0 Å². The summed E-state index contributed by atoms with van der Waals surface area (Å²) in [7, 11) is 0. The molecule has 1 aromatic heterocycles. The van der Waals surface area contributed by atoms with E-state index >= 15 is 0 Å². The number of halogens is 2. The Morgan fingerprint density at radius 2 is 2.10 bits per heavy atom. The number of anilines is 1. The van der Waals surface area contributed by atoms with Crippen LogP contribution in [0.15, 0.2) is 18.2 Å². The van der Waals surface area contributed by atoms with Crippen molar-refractivity contribution in [1.29, 1.82) is 0 Å². The first-order valence-electron chi connectivity index (χ1n) is 6.14. The minimum absolute atomic E-state index is 0.0373. The number of rotatable bonds is 5. The minimum Gasteiger partial charge on any atom is -0.301 e. The van der Waals surface area contributed by atoms with Crippen molar-refractivity contribution in [1.82, 2.24) is 10.2 Å². The van der Waals surface area contributed by atoms with Crippen molar-refractivity contribution in [2.45, 2.75) is 26.2 Å². The summed E-state index contributed by atoms with van der Waals surface area (Å²) < 4.78 is 0. The number of hydrogen-bond donors (Lipinski definition) is 1. The van der Waals surface area contributed by atoms with Crippen molar-refractivity contribution in [2.24, 2.45) is 0 Å². The van der Waals surface area contributed by atoms with Crippen LogP contribution in [0.5, 0.6) is 0 Å². The molecular formula is C13H13Cl2N3OS. The van der Waals surface area contributed by atoms with Gasteiger partial charge in [0.05, 0.1) is 10.0 Å². The number of carbonyl (C=O) groups excluding carboxylic acids is 1. The highest BCUT2D eigenvalue weighted by Gasteiger charge is 2.09. The number of nitrogens with one attached hydrogen (secondary N) is 1. The topological polar surface area (TPSA) is 54.9 Å². The number of aromatic nitrogens is 2. The second kappa shape index (κ2) is 7.02. The molecule has 106 valence electrons. The Bertz CT molecular complexity index is 615. The summed E-state index contributed by atoms with van der Waals surface area (Å²) in [6.45, 7) is 1.95. The second-order valence-electron chi connectivity index (χ2n) is 4.22. The summed E-state index contributed by atoms with van der Waals surface area (Å²) in [6.07, 6.45) is 1.90. The third-order valence-electron chi connectivity index (χ3n) is 2.53.